The molecule has 2 aromatic carbocycles. The number of fused-ring (bicyclic) bond motifs is 1. The van der Waals surface area contributed by atoms with Gasteiger partial charge >= 0.3 is 0 Å². The zero-order valence-corrected chi connectivity index (χ0v) is 17.1. The van der Waals surface area contributed by atoms with Crippen LogP contribution in [-0.2, 0) is 13.2 Å². The average molecular weight is 408 g/mol. The maximum atomic E-state index is 6.05. The zero-order chi connectivity index (χ0) is 20.2. The Morgan fingerprint density at radius 3 is 2.83 bits per heavy atom. The number of hydrogen-bond acceptors (Lipinski definition) is 5. The molecule has 4 aromatic rings. The van der Waals surface area contributed by atoms with E-state index in [2.05, 4.69) is 40.5 Å². The number of ether oxygens (including phenoxy) is 1. The van der Waals surface area contributed by atoms with Crippen molar-refractivity contribution in [3.8, 4) is 5.75 Å². The molecule has 0 radical (unpaired) electrons. The third-order valence-electron chi connectivity index (χ3n) is 4.81. The smallest absolute Gasteiger partial charge is 0.134 e. The summed E-state index contributed by atoms with van der Waals surface area (Å²) in [4.78, 5) is 4.36. The van der Waals surface area contributed by atoms with E-state index < -0.39 is 0 Å². The Kier molecular flexibility index (Phi) is 5.62. The van der Waals surface area contributed by atoms with Gasteiger partial charge in [0.15, 0.2) is 0 Å². The van der Waals surface area contributed by atoms with E-state index in [0.29, 0.717) is 24.7 Å². The van der Waals surface area contributed by atoms with Crippen molar-refractivity contribution in [1.29, 1.82) is 0 Å². The fourth-order valence-corrected chi connectivity index (χ4v) is 3.22. The lowest BCUT2D eigenvalue weighted by atomic mass is 10.1. The second kappa shape index (κ2) is 8.49. The Morgan fingerprint density at radius 1 is 1.07 bits per heavy atom. The van der Waals surface area contributed by atoms with Gasteiger partial charge < -0.3 is 10.1 Å². The summed E-state index contributed by atoms with van der Waals surface area (Å²) in [5, 5.41) is 13.5. The van der Waals surface area contributed by atoms with Crippen LogP contribution in [-0.4, -0.2) is 26.5 Å². The predicted octanol–water partition coefficient (Wildman–Crippen LogP) is 4.79. The molecule has 0 fully saturated rings. The van der Waals surface area contributed by atoms with Crippen molar-refractivity contribution in [1.82, 2.24) is 20.0 Å². The van der Waals surface area contributed by atoms with Crippen LogP contribution in [0, 0.1) is 13.8 Å². The van der Waals surface area contributed by atoms with Gasteiger partial charge in [0, 0.05) is 28.8 Å². The van der Waals surface area contributed by atoms with Crippen LogP contribution in [0.15, 0.2) is 54.9 Å². The molecule has 148 valence electrons. The number of nitrogens with zero attached hydrogens (tertiary/aromatic N) is 4. The van der Waals surface area contributed by atoms with Crippen LogP contribution in [0.4, 0.5) is 5.69 Å². The summed E-state index contributed by atoms with van der Waals surface area (Å²) >= 11 is 6.05. The molecule has 0 aliphatic rings. The van der Waals surface area contributed by atoms with Gasteiger partial charge in [-0.1, -0.05) is 22.9 Å². The summed E-state index contributed by atoms with van der Waals surface area (Å²) < 4.78 is 7.64. The number of aromatic nitrogens is 4. The van der Waals surface area contributed by atoms with Crippen LogP contribution >= 0.6 is 11.6 Å². The number of hydrogen-bond donors (Lipinski definition) is 1. The summed E-state index contributed by atoms with van der Waals surface area (Å²) in [5.41, 5.74) is 5.15. The third kappa shape index (κ3) is 4.66. The first-order chi connectivity index (χ1) is 14.1. The van der Waals surface area contributed by atoms with E-state index in [1.165, 1.54) is 11.1 Å². The van der Waals surface area contributed by atoms with Crippen molar-refractivity contribution in [2.45, 2.75) is 27.0 Å². The minimum Gasteiger partial charge on any atom is -0.487 e. The van der Waals surface area contributed by atoms with E-state index in [9.17, 15) is 0 Å². The maximum absolute atomic E-state index is 6.05. The minimum absolute atomic E-state index is 0.395. The van der Waals surface area contributed by atoms with Gasteiger partial charge in [-0.15, -0.1) is 5.10 Å². The molecule has 0 spiro atoms. The van der Waals surface area contributed by atoms with Gasteiger partial charge in [0.05, 0.1) is 18.3 Å². The Morgan fingerprint density at radius 2 is 1.97 bits per heavy atom. The average Bonchev–Trinajstić information content (AvgIpc) is 3.16. The Bertz CT molecular complexity index is 1140. The quantitative estimate of drug-likeness (QED) is 0.477. The fourth-order valence-electron chi connectivity index (χ4n) is 3.06. The van der Waals surface area contributed by atoms with E-state index >= 15 is 0 Å². The summed E-state index contributed by atoms with van der Waals surface area (Å²) in [5.74, 6) is 0.842. The summed E-state index contributed by atoms with van der Waals surface area (Å²) in [6.07, 6.45) is 3.69. The first kappa shape index (κ1) is 19.2. The first-order valence-electron chi connectivity index (χ1n) is 9.46. The minimum atomic E-state index is 0.395. The number of pyridine rings is 1. The molecule has 0 saturated carbocycles. The molecule has 0 atom stereocenters. The molecule has 0 unspecified atom stereocenters. The Hall–Kier alpha value is -3.12. The van der Waals surface area contributed by atoms with E-state index in [-0.39, 0.29) is 0 Å². The normalized spacial score (nSPS) is 11.0. The van der Waals surface area contributed by atoms with Crippen LogP contribution in [0.25, 0.3) is 10.9 Å². The van der Waals surface area contributed by atoms with Gasteiger partial charge in [-0.3, -0.25) is 9.67 Å². The van der Waals surface area contributed by atoms with Crippen molar-refractivity contribution >= 4 is 28.2 Å². The second-order valence-corrected chi connectivity index (χ2v) is 7.39. The van der Waals surface area contributed by atoms with Gasteiger partial charge in [-0.05, 0) is 61.4 Å². The molecule has 2 aromatic heterocycles. The summed E-state index contributed by atoms with van der Waals surface area (Å²) in [6, 6.07) is 13.7. The topological polar surface area (TPSA) is 64.9 Å². The molecule has 0 aliphatic heterocycles. The lowest BCUT2D eigenvalue weighted by Gasteiger charge is -2.09. The highest BCUT2D eigenvalue weighted by atomic mass is 35.5. The molecule has 2 heterocycles. The second-order valence-electron chi connectivity index (χ2n) is 6.95. The zero-order valence-electron chi connectivity index (χ0n) is 16.4. The molecule has 0 bridgehead atoms. The van der Waals surface area contributed by atoms with Gasteiger partial charge in [0.2, 0.25) is 0 Å². The van der Waals surface area contributed by atoms with Crippen LogP contribution in [0.1, 0.15) is 16.8 Å². The highest BCUT2D eigenvalue weighted by molar-refractivity contribution is 6.31. The van der Waals surface area contributed by atoms with Crippen molar-refractivity contribution < 1.29 is 4.74 Å². The molecule has 1 N–H and O–H groups in total. The van der Waals surface area contributed by atoms with Gasteiger partial charge in [-0.25, -0.2) is 0 Å². The number of anilines is 1. The van der Waals surface area contributed by atoms with Crippen molar-refractivity contribution in [2.75, 3.05) is 11.9 Å². The highest BCUT2D eigenvalue weighted by Gasteiger charge is 2.05. The molecule has 4 rings (SSSR count). The maximum Gasteiger partial charge on any atom is 0.134 e. The first-order valence-corrected chi connectivity index (χ1v) is 9.83. The summed E-state index contributed by atoms with van der Waals surface area (Å²) in [7, 11) is 0. The monoisotopic (exact) mass is 407 g/mol. The number of nitrogens with one attached hydrogen (secondary N) is 1. The van der Waals surface area contributed by atoms with Crippen molar-refractivity contribution in [3.63, 3.8) is 0 Å². The van der Waals surface area contributed by atoms with E-state index in [4.69, 9.17) is 16.3 Å². The number of aryl methyl sites for hydroxylation is 2. The SMILES string of the molecule is Cc1ccc(OCc2cn(CCNc3ccnc4cc(Cl)ccc34)nn2)cc1C. The van der Waals surface area contributed by atoms with E-state index in [0.717, 1.165) is 28.0 Å². The molecule has 0 aliphatic carbocycles. The number of benzene rings is 2. The van der Waals surface area contributed by atoms with Crippen LogP contribution in [0.5, 0.6) is 5.75 Å². The van der Waals surface area contributed by atoms with Crippen LogP contribution in [0.3, 0.4) is 0 Å². The van der Waals surface area contributed by atoms with Crippen molar-refractivity contribution in [3.05, 3.63) is 76.7 Å². The highest BCUT2D eigenvalue weighted by Crippen LogP contribution is 2.24. The lowest BCUT2D eigenvalue weighted by Crippen LogP contribution is -2.11. The third-order valence-corrected chi connectivity index (χ3v) is 5.05. The van der Waals surface area contributed by atoms with Gasteiger partial charge in [0.1, 0.15) is 18.1 Å². The summed E-state index contributed by atoms with van der Waals surface area (Å²) in [6.45, 7) is 5.96. The molecular weight excluding hydrogens is 386 g/mol. The van der Waals surface area contributed by atoms with E-state index in [1.807, 2.05) is 47.3 Å². The lowest BCUT2D eigenvalue weighted by molar-refractivity contribution is 0.301. The van der Waals surface area contributed by atoms with Crippen molar-refractivity contribution in [2.24, 2.45) is 0 Å². The Balaban J connectivity index is 1.32. The molecule has 6 nitrogen and oxygen atoms in total. The standard InChI is InChI=1S/C22H22ClN5O/c1-15-3-5-19(11-16(15)2)29-14-18-13-28(27-26-18)10-9-25-21-7-8-24-22-12-17(23)4-6-20(21)22/h3-8,11-13H,9-10,14H2,1-2H3,(H,24,25). The molecule has 7 heteroatoms. The number of rotatable bonds is 7. The largest absolute Gasteiger partial charge is 0.487 e. The van der Waals surface area contributed by atoms with Gasteiger partial charge in [-0.2, -0.15) is 0 Å². The molecule has 0 amide bonds. The fraction of sp³-hybridized carbons (Fsp3) is 0.227. The van der Waals surface area contributed by atoms with Gasteiger partial charge in [0.25, 0.3) is 0 Å². The number of halogens is 1. The Labute approximate surface area is 174 Å². The van der Waals surface area contributed by atoms with Crippen LogP contribution < -0.4 is 10.1 Å². The molecule has 29 heavy (non-hydrogen) atoms. The molecular formula is C22H22ClN5O. The predicted molar refractivity (Wildman–Crippen MR) is 116 cm³/mol. The van der Waals surface area contributed by atoms with E-state index in [1.54, 1.807) is 6.20 Å². The van der Waals surface area contributed by atoms with Crippen LogP contribution in [0.2, 0.25) is 5.02 Å². The molecule has 0 saturated heterocycles.